The van der Waals surface area contributed by atoms with Crippen LogP contribution >= 0.6 is 0 Å². The summed E-state index contributed by atoms with van der Waals surface area (Å²) in [6, 6.07) is 0. The summed E-state index contributed by atoms with van der Waals surface area (Å²) in [6.45, 7) is 1.29. The molecule has 0 fully saturated rings. The molecule has 6 heteroatoms. The summed E-state index contributed by atoms with van der Waals surface area (Å²) in [5.41, 5.74) is -1.57. The smallest absolute Gasteiger partial charge is 0.338 e. The van der Waals surface area contributed by atoms with E-state index in [9.17, 15) is 14.4 Å². The van der Waals surface area contributed by atoms with Crippen molar-refractivity contribution >= 4 is 17.7 Å². The van der Waals surface area contributed by atoms with Crippen LogP contribution in [-0.2, 0) is 28.6 Å². The number of hydrogen-bond donors (Lipinski definition) is 0. The van der Waals surface area contributed by atoms with Gasteiger partial charge in [0.1, 0.15) is 6.10 Å². The molecular formula is C12H12O6. The van der Waals surface area contributed by atoms with Crippen LogP contribution in [0.5, 0.6) is 0 Å². The number of ketones is 1. The largest absolute Gasteiger partial charge is 0.466 e. The second-order valence-electron chi connectivity index (χ2n) is 3.96. The first kappa shape index (κ1) is 12.5. The fourth-order valence-electron chi connectivity index (χ4n) is 2.21. The molecule has 96 valence electrons. The van der Waals surface area contributed by atoms with Crippen LogP contribution < -0.4 is 0 Å². The van der Waals surface area contributed by atoms with Crippen molar-refractivity contribution in [3.05, 3.63) is 23.3 Å². The maximum Gasteiger partial charge on any atom is 0.338 e. The maximum absolute atomic E-state index is 11.8. The van der Waals surface area contributed by atoms with Gasteiger partial charge < -0.3 is 14.2 Å². The van der Waals surface area contributed by atoms with Crippen molar-refractivity contribution in [1.29, 1.82) is 0 Å². The summed E-state index contributed by atoms with van der Waals surface area (Å²) in [5, 5.41) is 0. The fourth-order valence-corrected chi connectivity index (χ4v) is 2.21. The van der Waals surface area contributed by atoms with Crippen LogP contribution in [0.25, 0.3) is 0 Å². The molecule has 2 atom stereocenters. The van der Waals surface area contributed by atoms with Gasteiger partial charge in [-0.2, -0.15) is 0 Å². The standard InChI is InChI=1S/C12H12O6/c1-6(13)12-5-4-7(18-12)8(10(14)16-2)9(12)11(15)17-3/h4-5,7H,1-3H3/t7-,12-/m0/s1. The van der Waals surface area contributed by atoms with Gasteiger partial charge >= 0.3 is 11.9 Å². The minimum atomic E-state index is -1.51. The van der Waals surface area contributed by atoms with Gasteiger partial charge in [0.15, 0.2) is 11.4 Å². The lowest BCUT2D eigenvalue weighted by atomic mass is 9.84. The predicted octanol–water partition coefficient (Wildman–Crippen LogP) is -0.0746. The van der Waals surface area contributed by atoms with E-state index in [0.717, 1.165) is 0 Å². The average Bonchev–Trinajstić information content (AvgIpc) is 2.93. The van der Waals surface area contributed by atoms with E-state index in [4.69, 9.17) is 4.74 Å². The number of rotatable bonds is 3. The molecule has 0 saturated heterocycles. The van der Waals surface area contributed by atoms with E-state index in [-0.39, 0.29) is 16.9 Å². The monoisotopic (exact) mass is 252 g/mol. The van der Waals surface area contributed by atoms with E-state index in [1.807, 2.05) is 0 Å². The van der Waals surface area contributed by atoms with E-state index in [1.165, 1.54) is 27.2 Å². The van der Waals surface area contributed by atoms with Gasteiger partial charge in [-0.05, 0) is 13.0 Å². The van der Waals surface area contributed by atoms with Crippen molar-refractivity contribution in [2.45, 2.75) is 18.6 Å². The summed E-state index contributed by atoms with van der Waals surface area (Å²) in [4.78, 5) is 35.2. The van der Waals surface area contributed by atoms with Gasteiger partial charge in [0.05, 0.1) is 25.4 Å². The van der Waals surface area contributed by atoms with Gasteiger partial charge in [0.2, 0.25) is 0 Å². The highest BCUT2D eigenvalue weighted by Crippen LogP contribution is 2.44. The van der Waals surface area contributed by atoms with Crippen LogP contribution in [0.2, 0.25) is 0 Å². The Bertz CT molecular complexity index is 501. The minimum absolute atomic E-state index is 0.0297. The highest BCUT2D eigenvalue weighted by atomic mass is 16.6. The molecule has 2 aliphatic rings. The van der Waals surface area contributed by atoms with Gasteiger partial charge in [-0.1, -0.05) is 6.08 Å². The van der Waals surface area contributed by atoms with Gasteiger partial charge in [-0.25, -0.2) is 9.59 Å². The summed E-state index contributed by atoms with van der Waals surface area (Å²) in [6.07, 6.45) is 2.29. The fraction of sp³-hybridized carbons (Fsp3) is 0.417. The maximum atomic E-state index is 11.8. The van der Waals surface area contributed by atoms with Crippen LogP contribution in [0.15, 0.2) is 23.3 Å². The van der Waals surface area contributed by atoms with E-state index < -0.39 is 23.6 Å². The zero-order chi connectivity index (χ0) is 13.5. The molecule has 0 aromatic carbocycles. The zero-order valence-electron chi connectivity index (χ0n) is 10.2. The Morgan fingerprint density at radius 2 is 1.83 bits per heavy atom. The van der Waals surface area contributed by atoms with Crippen LogP contribution in [0.3, 0.4) is 0 Å². The van der Waals surface area contributed by atoms with E-state index >= 15 is 0 Å². The van der Waals surface area contributed by atoms with E-state index in [0.29, 0.717) is 0 Å². The Labute approximate surface area is 103 Å². The summed E-state index contributed by atoms with van der Waals surface area (Å²) in [7, 11) is 2.37. The molecule has 0 saturated carbocycles. The Hall–Kier alpha value is -1.95. The molecular weight excluding hydrogens is 240 g/mol. The average molecular weight is 252 g/mol. The molecule has 0 amide bonds. The molecule has 18 heavy (non-hydrogen) atoms. The van der Waals surface area contributed by atoms with Crippen LogP contribution in [0.1, 0.15) is 6.92 Å². The predicted molar refractivity (Wildman–Crippen MR) is 58.5 cm³/mol. The second kappa shape index (κ2) is 4.06. The quantitative estimate of drug-likeness (QED) is 0.516. The van der Waals surface area contributed by atoms with Gasteiger partial charge in [-0.3, -0.25) is 4.79 Å². The van der Waals surface area contributed by atoms with Crippen LogP contribution in [0.4, 0.5) is 0 Å². The van der Waals surface area contributed by atoms with Crippen LogP contribution in [-0.4, -0.2) is 43.6 Å². The number of fused-ring (bicyclic) bond motifs is 2. The molecule has 6 nitrogen and oxygen atoms in total. The number of methoxy groups -OCH3 is 2. The zero-order valence-corrected chi connectivity index (χ0v) is 10.2. The lowest BCUT2D eigenvalue weighted by Gasteiger charge is -2.21. The summed E-state index contributed by atoms with van der Waals surface area (Å²) < 4.78 is 14.7. The molecule has 0 aromatic heterocycles. The van der Waals surface area contributed by atoms with Crippen molar-refractivity contribution in [3.63, 3.8) is 0 Å². The van der Waals surface area contributed by atoms with E-state index in [1.54, 1.807) is 6.08 Å². The molecule has 2 heterocycles. The topological polar surface area (TPSA) is 78.9 Å². The Morgan fingerprint density at radius 3 is 2.33 bits per heavy atom. The van der Waals surface area contributed by atoms with Crippen LogP contribution in [0, 0.1) is 0 Å². The van der Waals surface area contributed by atoms with Gasteiger partial charge in [-0.15, -0.1) is 0 Å². The van der Waals surface area contributed by atoms with Crippen molar-refractivity contribution < 1.29 is 28.6 Å². The third kappa shape index (κ3) is 1.42. The first-order valence-corrected chi connectivity index (χ1v) is 5.27. The summed E-state index contributed by atoms with van der Waals surface area (Å²) >= 11 is 0. The van der Waals surface area contributed by atoms with Crippen molar-refractivity contribution in [1.82, 2.24) is 0 Å². The molecule has 2 aliphatic heterocycles. The highest BCUT2D eigenvalue weighted by molar-refractivity contribution is 6.12. The van der Waals surface area contributed by atoms with Gasteiger partial charge in [0, 0.05) is 0 Å². The number of Topliss-reactive ketones (excluding diaryl/α,β-unsaturated/α-hetero) is 1. The number of esters is 2. The Kier molecular flexibility index (Phi) is 2.82. The number of hydrogen-bond acceptors (Lipinski definition) is 6. The number of carbonyl (C=O) groups is 3. The summed E-state index contributed by atoms with van der Waals surface area (Å²) in [5.74, 6) is -1.86. The van der Waals surface area contributed by atoms with Crippen molar-refractivity contribution in [2.75, 3.05) is 14.2 Å². The van der Waals surface area contributed by atoms with Crippen molar-refractivity contribution in [3.8, 4) is 0 Å². The first-order valence-electron chi connectivity index (χ1n) is 5.27. The first-order chi connectivity index (χ1) is 8.47. The second-order valence-corrected chi connectivity index (χ2v) is 3.96. The minimum Gasteiger partial charge on any atom is -0.466 e. The Morgan fingerprint density at radius 1 is 1.22 bits per heavy atom. The third-order valence-corrected chi connectivity index (χ3v) is 3.06. The third-order valence-electron chi connectivity index (χ3n) is 3.06. The lowest BCUT2D eigenvalue weighted by Crippen LogP contribution is -2.39. The van der Waals surface area contributed by atoms with Crippen molar-refractivity contribution in [2.24, 2.45) is 0 Å². The molecule has 0 N–H and O–H groups in total. The lowest BCUT2D eigenvalue weighted by molar-refractivity contribution is -0.142. The molecule has 0 radical (unpaired) electrons. The normalized spacial score (nSPS) is 28.5. The molecule has 0 aliphatic carbocycles. The SMILES string of the molecule is COC(=O)C1=C(C(=O)OC)[C@@]2(C(C)=O)C=C[C@@H]1O2. The number of carbonyl (C=O) groups excluding carboxylic acids is 3. The number of ether oxygens (including phenoxy) is 3. The Balaban J connectivity index is 2.61. The highest BCUT2D eigenvalue weighted by Gasteiger charge is 2.57. The molecule has 2 bridgehead atoms. The molecule has 0 spiro atoms. The molecule has 0 unspecified atom stereocenters. The molecule has 0 aromatic rings. The van der Waals surface area contributed by atoms with E-state index in [2.05, 4.69) is 9.47 Å². The molecule has 2 rings (SSSR count). The van der Waals surface area contributed by atoms with Gasteiger partial charge in [0.25, 0.3) is 0 Å².